The van der Waals surface area contributed by atoms with E-state index in [2.05, 4.69) is 25.4 Å². The van der Waals surface area contributed by atoms with Gasteiger partial charge in [-0.2, -0.15) is 0 Å². The van der Waals surface area contributed by atoms with Crippen LogP contribution in [0.5, 0.6) is 0 Å². The van der Waals surface area contributed by atoms with Gasteiger partial charge in [0.25, 0.3) is 5.69 Å². The maximum atomic E-state index is 12.4. The summed E-state index contributed by atoms with van der Waals surface area (Å²) in [6, 6.07) is 8.68. The van der Waals surface area contributed by atoms with Gasteiger partial charge in [0.1, 0.15) is 11.0 Å². The van der Waals surface area contributed by atoms with Gasteiger partial charge in [-0.05, 0) is 52.7 Å². The minimum absolute atomic E-state index is 0.0721. The summed E-state index contributed by atoms with van der Waals surface area (Å²) < 4.78 is 20.4. The molecule has 0 bridgehead atoms. The third-order valence-electron chi connectivity index (χ3n) is 3.18. The predicted molar refractivity (Wildman–Crippen MR) is 93.3 cm³/mol. The molecule has 0 heterocycles. The number of carbonyl (C=O) groups is 1. The summed E-state index contributed by atoms with van der Waals surface area (Å²) in [6.45, 7) is 1.76. The molecular weight excluding hydrogens is 400 g/mol. The lowest BCUT2D eigenvalue weighted by atomic mass is 10.1. The zero-order valence-electron chi connectivity index (χ0n) is 12.7. The zero-order chi connectivity index (χ0) is 17.9. The standard InChI is InChI=1S/C15H13BrN2O5S/c1-9-7-12(15(19)23-2)13(16)8-14(9)17-24(22)11-5-3-10(4-6-11)18(20)21/h3-8,17H,1-2H3. The fourth-order valence-electron chi connectivity index (χ4n) is 1.91. The number of non-ortho nitro benzene ring substituents is 1. The van der Waals surface area contributed by atoms with Gasteiger partial charge in [-0.3, -0.25) is 10.1 Å². The van der Waals surface area contributed by atoms with Crippen molar-refractivity contribution in [2.45, 2.75) is 11.8 Å². The third-order valence-corrected chi connectivity index (χ3v) is 4.95. The van der Waals surface area contributed by atoms with E-state index in [1.807, 2.05) is 0 Å². The average Bonchev–Trinajstić information content (AvgIpc) is 2.57. The van der Waals surface area contributed by atoms with E-state index in [0.717, 1.165) is 0 Å². The van der Waals surface area contributed by atoms with Crippen molar-refractivity contribution in [2.24, 2.45) is 0 Å². The number of nitro benzene ring substituents is 1. The van der Waals surface area contributed by atoms with Crippen LogP contribution in [0.3, 0.4) is 0 Å². The Morgan fingerprint density at radius 1 is 1.29 bits per heavy atom. The summed E-state index contributed by atoms with van der Waals surface area (Å²) in [4.78, 5) is 22.2. The average molecular weight is 413 g/mol. The van der Waals surface area contributed by atoms with Gasteiger partial charge >= 0.3 is 5.97 Å². The highest BCUT2D eigenvalue weighted by molar-refractivity contribution is 9.10. The SMILES string of the molecule is COC(=O)c1cc(C)c(NS(=O)c2ccc([N+](=O)[O-])cc2)cc1Br. The highest BCUT2D eigenvalue weighted by Crippen LogP contribution is 2.27. The number of ether oxygens (including phenoxy) is 1. The van der Waals surface area contributed by atoms with Gasteiger partial charge in [0.2, 0.25) is 0 Å². The maximum Gasteiger partial charge on any atom is 0.339 e. The summed E-state index contributed by atoms with van der Waals surface area (Å²) in [7, 11) is -0.312. The Kier molecular flexibility index (Phi) is 5.68. The molecule has 126 valence electrons. The summed E-state index contributed by atoms with van der Waals surface area (Å²) in [5, 5.41) is 10.6. The molecule has 0 fully saturated rings. The van der Waals surface area contributed by atoms with Crippen molar-refractivity contribution in [1.82, 2.24) is 0 Å². The summed E-state index contributed by atoms with van der Waals surface area (Å²) >= 11 is 3.28. The zero-order valence-corrected chi connectivity index (χ0v) is 15.1. The molecule has 0 saturated carbocycles. The summed E-state index contributed by atoms with van der Waals surface area (Å²) in [5.41, 5.74) is 1.55. The smallest absolute Gasteiger partial charge is 0.339 e. The first-order valence-corrected chi connectivity index (χ1v) is 8.59. The van der Waals surface area contributed by atoms with Gasteiger partial charge in [0.05, 0.1) is 28.2 Å². The Hall–Kier alpha value is -2.26. The van der Waals surface area contributed by atoms with Crippen LogP contribution in [0, 0.1) is 17.0 Å². The fraction of sp³-hybridized carbons (Fsp3) is 0.133. The minimum atomic E-state index is -1.60. The first-order chi connectivity index (χ1) is 11.3. The normalized spacial score (nSPS) is 11.6. The number of hydrogen-bond donors (Lipinski definition) is 1. The number of carbonyl (C=O) groups excluding carboxylic acids is 1. The second-order valence-corrected chi connectivity index (χ2v) is 6.83. The molecule has 9 heteroatoms. The molecule has 0 saturated heterocycles. The first-order valence-electron chi connectivity index (χ1n) is 6.65. The van der Waals surface area contributed by atoms with Gasteiger partial charge in [-0.15, -0.1) is 0 Å². The van der Waals surface area contributed by atoms with Crippen molar-refractivity contribution in [3.8, 4) is 0 Å². The first kappa shape index (κ1) is 18.1. The van der Waals surface area contributed by atoms with Crippen molar-refractivity contribution in [3.05, 3.63) is 62.1 Å². The number of hydrogen-bond acceptors (Lipinski definition) is 5. The minimum Gasteiger partial charge on any atom is -0.465 e. The quantitative estimate of drug-likeness (QED) is 0.459. The lowest BCUT2D eigenvalue weighted by molar-refractivity contribution is -0.384. The van der Waals surface area contributed by atoms with Crippen molar-refractivity contribution in [3.63, 3.8) is 0 Å². The lowest BCUT2D eigenvalue weighted by Crippen LogP contribution is -2.08. The number of nitro groups is 1. The van der Waals surface area contributed by atoms with Gasteiger partial charge in [-0.1, -0.05) is 0 Å². The van der Waals surface area contributed by atoms with E-state index in [1.54, 1.807) is 19.1 Å². The summed E-state index contributed by atoms with van der Waals surface area (Å²) in [6.07, 6.45) is 0. The largest absolute Gasteiger partial charge is 0.465 e. The maximum absolute atomic E-state index is 12.4. The molecule has 2 aromatic rings. The third kappa shape index (κ3) is 3.98. The van der Waals surface area contributed by atoms with Crippen molar-refractivity contribution < 1.29 is 18.7 Å². The van der Waals surface area contributed by atoms with E-state index >= 15 is 0 Å². The summed E-state index contributed by atoms with van der Waals surface area (Å²) in [5.74, 6) is -0.479. The van der Waals surface area contributed by atoms with E-state index < -0.39 is 21.9 Å². The molecule has 24 heavy (non-hydrogen) atoms. The molecule has 0 aromatic heterocycles. The Morgan fingerprint density at radius 2 is 1.92 bits per heavy atom. The molecule has 0 radical (unpaired) electrons. The molecule has 2 aromatic carbocycles. The Bertz CT molecular complexity index is 823. The number of halogens is 1. The van der Waals surface area contributed by atoms with Crippen LogP contribution in [0.2, 0.25) is 0 Å². The fourth-order valence-corrected chi connectivity index (χ4v) is 3.33. The van der Waals surface area contributed by atoms with Crippen LogP contribution in [0.25, 0.3) is 0 Å². The van der Waals surface area contributed by atoms with E-state index in [4.69, 9.17) is 0 Å². The number of nitrogens with zero attached hydrogens (tertiary/aromatic N) is 1. The Labute approximate surface area is 148 Å². The van der Waals surface area contributed by atoms with Crippen LogP contribution in [0.1, 0.15) is 15.9 Å². The van der Waals surface area contributed by atoms with Crippen LogP contribution in [0.4, 0.5) is 11.4 Å². The number of benzene rings is 2. The monoisotopic (exact) mass is 412 g/mol. The van der Waals surface area contributed by atoms with Gasteiger partial charge in [0.15, 0.2) is 0 Å². The molecule has 0 spiro atoms. The van der Waals surface area contributed by atoms with Gasteiger partial charge < -0.3 is 9.46 Å². The van der Waals surface area contributed by atoms with Crippen molar-refractivity contribution in [2.75, 3.05) is 11.8 Å². The van der Waals surface area contributed by atoms with E-state index in [1.165, 1.54) is 31.4 Å². The number of methoxy groups -OCH3 is 1. The topological polar surface area (TPSA) is 98.5 Å². The predicted octanol–water partition coefficient (Wildman–Crippen LogP) is 3.59. The second kappa shape index (κ2) is 7.54. The van der Waals surface area contributed by atoms with Crippen molar-refractivity contribution >= 4 is 44.3 Å². The molecule has 2 rings (SSSR count). The van der Waals surface area contributed by atoms with E-state index in [-0.39, 0.29) is 5.69 Å². The highest BCUT2D eigenvalue weighted by atomic mass is 79.9. The molecule has 0 aliphatic rings. The molecular formula is C15H13BrN2O5S. The lowest BCUT2D eigenvalue weighted by Gasteiger charge is -2.12. The van der Waals surface area contributed by atoms with Crippen LogP contribution in [-0.4, -0.2) is 22.2 Å². The molecule has 0 aliphatic carbocycles. The van der Waals surface area contributed by atoms with E-state index in [9.17, 15) is 19.1 Å². The molecule has 0 amide bonds. The van der Waals surface area contributed by atoms with E-state index in [0.29, 0.717) is 26.2 Å². The Balaban J connectivity index is 2.24. The molecule has 1 N–H and O–H groups in total. The number of anilines is 1. The van der Waals surface area contributed by atoms with Crippen molar-refractivity contribution in [1.29, 1.82) is 0 Å². The molecule has 1 atom stereocenters. The number of aryl methyl sites for hydroxylation is 1. The molecule has 1 unspecified atom stereocenters. The van der Waals surface area contributed by atoms with Gasteiger partial charge in [0, 0.05) is 16.6 Å². The van der Waals surface area contributed by atoms with Crippen LogP contribution in [0.15, 0.2) is 45.8 Å². The Morgan fingerprint density at radius 3 is 2.46 bits per heavy atom. The number of rotatable bonds is 5. The van der Waals surface area contributed by atoms with Gasteiger partial charge in [-0.25, -0.2) is 9.00 Å². The van der Waals surface area contributed by atoms with Crippen LogP contribution in [-0.2, 0) is 15.7 Å². The van der Waals surface area contributed by atoms with Crippen LogP contribution >= 0.6 is 15.9 Å². The van der Waals surface area contributed by atoms with Crippen LogP contribution < -0.4 is 4.72 Å². The number of nitrogens with one attached hydrogen (secondary N) is 1. The molecule has 7 nitrogen and oxygen atoms in total. The molecule has 0 aliphatic heterocycles. The second-order valence-electron chi connectivity index (χ2n) is 4.76. The highest BCUT2D eigenvalue weighted by Gasteiger charge is 2.15. The number of esters is 1.